The summed E-state index contributed by atoms with van der Waals surface area (Å²) in [7, 11) is 0. The molecule has 1 rings (SSSR count). The first-order valence-electron chi connectivity index (χ1n) is 7.67. The Hall–Kier alpha value is -3.78. The van der Waals surface area contributed by atoms with Gasteiger partial charge >= 0.3 is 0 Å². The highest BCUT2D eigenvalue weighted by atomic mass is 32.1. The second-order valence-corrected chi connectivity index (χ2v) is 5.36. The summed E-state index contributed by atoms with van der Waals surface area (Å²) in [5.74, 6) is 26.6. The molecule has 1 aromatic rings. The Balaban J connectivity index is -0.0000000654. The van der Waals surface area contributed by atoms with E-state index < -0.39 is 0 Å². The van der Waals surface area contributed by atoms with Crippen molar-refractivity contribution in [3.05, 3.63) is 29.8 Å². The highest BCUT2D eigenvalue weighted by molar-refractivity contribution is 7.80. The van der Waals surface area contributed by atoms with Crippen molar-refractivity contribution in [3.63, 3.8) is 0 Å². The minimum absolute atomic E-state index is 0. The molecule has 28 heavy (non-hydrogen) atoms. The summed E-state index contributed by atoms with van der Waals surface area (Å²) in [4.78, 5) is 0.815. The lowest BCUT2D eigenvalue weighted by molar-refractivity contribution is 0.898. The molecule has 4 nitrogen and oxygen atoms in total. The summed E-state index contributed by atoms with van der Waals surface area (Å²) in [6, 6.07) is 9.32. The number of hydrogen-bond donors (Lipinski definition) is 2. The molecular weight excluding hydrogens is 384 g/mol. The van der Waals surface area contributed by atoms with Crippen LogP contribution in [0.2, 0.25) is 0 Å². The molecule has 3 N–H and O–H groups in total. The number of hydrogen-bond acceptors (Lipinski definition) is 4. The summed E-state index contributed by atoms with van der Waals surface area (Å²) in [5.41, 5.74) is 1.59. The van der Waals surface area contributed by atoms with E-state index in [4.69, 9.17) is 23.9 Å². The van der Waals surface area contributed by atoms with Crippen molar-refractivity contribution in [2.45, 2.75) is 20.8 Å². The Morgan fingerprint density at radius 1 is 1.11 bits per heavy atom. The van der Waals surface area contributed by atoms with Gasteiger partial charge in [-0.3, -0.25) is 0 Å². The fourth-order valence-corrected chi connectivity index (χ4v) is 1.29. The van der Waals surface area contributed by atoms with Crippen LogP contribution in [0.1, 0.15) is 33.5 Å². The van der Waals surface area contributed by atoms with Gasteiger partial charge in [0.1, 0.15) is 0 Å². The Morgan fingerprint density at radius 3 is 1.96 bits per heavy atom. The molecule has 148 valence electrons. The molecular formula is C22H28N4S2. The van der Waals surface area contributed by atoms with Gasteiger partial charge in [-0.1, -0.05) is 32.0 Å². The first kappa shape index (κ1) is 26.4. The maximum Gasteiger partial charge on any atom is 0.0991 e. The van der Waals surface area contributed by atoms with E-state index in [0.29, 0.717) is 11.5 Å². The van der Waals surface area contributed by atoms with Gasteiger partial charge < -0.3 is 11.2 Å². The largest absolute Gasteiger partial charge is 0.350 e. The molecule has 0 fully saturated rings. The predicted octanol–water partition coefficient (Wildman–Crippen LogP) is 4.43. The number of rotatable bonds is 2. The summed E-state index contributed by atoms with van der Waals surface area (Å²) in [6.07, 6.45) is 4.84. The lowest BCUT2D eigenvalue weighted by Crippen LogP contribution is -2.15. The highest BCUT2D eigenvalue weighted by Gasteiger charge is 2.02. The molecule has 6 heteroatoms. The lowest BCUT2D eigenvalue weighted by atomic mass is 10.2. The second-order valence-electron chi connectivity index (χ2n) is 4.71. The van der Waals surface area contributed by atoms with Crippen LogP contribution in [0.15, 0.2) is 28.7 Å². The topological polar surface area (TPSA) is 74.2 Å². The van der Waals surface area contributed by atoms with Crippen molar-refractivity contribution >= 4 is 35.3 Å². The first-order chi connectivity index (χ1) is 13.5. The van der Waals surface area contributed by atoms with Crippen molar-refractivity contribution in [1.29, 1.82) is 5.26 Å². The average molecular weight is 413 g/mol. The molecule has 0 saturated heterocycles. The standard InChI is InChI=1S/C11H12N2S.C11H4.H2N2S.5H2/c1-8(2)11(14)13-10-5-3-9(7-12)4-6-10;1-3-5-7-9-11-10-8-6-4-2;1-2-3;;;;;/h3-6,8H,1-2H3,(H,13,14);1H,2H3;(H2,1,3);5*1H. The van der Waals surface area contributed by atoms with Gasteiger partial charge in [-0.15, -0.1) is 10.9 Å². The molecule has 0 bridgehead atoms. The van der Waals surface area contributed by atoms with Crippen LogP contribution >= 0.6 is 12.2 Å². The fourth-order valence-electron chi connectivity index (χ4n) is 1.17. The Labute approximate surface area is 185 Å². The zero-order valence-corrected chi connectivity index (χ0v) is 17.4. The number of nitriles is 1. The van der Waals surface area contributed by atoms with Crippen molar-refractivity contribution in [2.75, 3.05) is 5.32 Å². The molecule has 0 unspecified atom stereocenters. The van der Waals surface area contributed by atoms with Crippen molar-refractivity contribution in [2.24, 2.45) is 16.2 Å². The molecule has 0 spiro atoms. The monoisotopic (exact) mass is 412 g/mol. The summed E-state index contributed by atoms with van der Waals surface area (Å²) < 4.78 is 2.58. The maximum absolute atomic E-state index is 8.60. The van der Waals surface area contributed by atoms with Crippen LogP contribution in [0.25, 0.3) is 0 Å². The predicted molar refractivity (Wildman–Crippen MR) is 132 cm³/mol. The average Bonchev–Trinajstić information content (AvgIpc) is 2.69. The van der Waals surface area contributed by atoms with Gasteiger partial charge in [-0.2, -0.15) is 5.26 Å². The zero-order valence-electron chi connectivity index (χ0n) is 15.8. The van der Waals surface area contributed by atoms with Crippen LogP contribution in [0.4, 0.5) is 5.69 Å². The SMILES string of the molecule is C#CC#CC#CC#CC#CC.CC(C)C(=S)Nc1ccc(C#N)cc1.NN=S.[HH].[HH].[HH].[HH].[HH]. The molecule has 0 amide bonds. The number of nitrogens with two attached hydrogens (primary N) is 1. The van der Waals surface area contributed by atoms with Crippen molar-refractivity contribution in [1.82, 2.24) is 0 Å². The smallest absolute Gasteiger partial charge is 0.0991 e. The van der Waals surface area contributed by atoms with Gasteiger partial charge in [0.05, 0.1) is 29.0 Å². The third-order valence-corrected chi connectivity index (χ3v) is 2.95. The molecule has 0 saturated carbocycles. The molecule has 1 aromatic carbocycles. The van der Waals surface area contributed by atoms with Gasteiger partial charge in [0.25, 0.3) is 0 Å². The molecule has 0 aliphatic heterocycles. The van der Waals surface area contributed by atoms with E-state index in [1.807, 2.05) is 26.0 Å². The normalized spacial score (nSPS) is 6.64. The molecule has 0 atom stereocenters. The maximum atomic E-state index is 8.60. The number of nitrogens with one attached hydrogen (secondary N) is 1. The first-order valence-corrected chi connectivity index (χ1v) is 8.45. The third kappa shape index (κ3) is 17.1. The molecule has 0 aliphatic rings. The van der Waals surface area contributed by atoms with Gasteiger partial charge in [-0.25, -0.2) is 0 Å². The molecule has 0 heterocycles. The van der Waals surface area contributed by atoms with Crippen LogP contribution in [0, 0.1) is 77.0 Å². The van der Waals surface area contributed by atoms with Crippen LogP contribution < -0.4 is 11.2 Å². The number of anilines is 1. The second kappa shape index (κ2) is 19.5. The van der Waals surface area contributed by atoms with Gasteiger partial charge in [0.2, 0.25) is 0 Å². The van der Waals surface area contributed by atoms with E-state index >= 15 is 0 Å². The van der Waals surface area contributed by atoms with Crippen molar-refractivity contribution in [3.8, 4) is 65.8 Å². The Bertz CT molecular complexity index is 984. The molecule has 0 radical (unpaired) electrons. The quantitative estimate of drug-likeness (QED) is 0.325. The van der Waals surface area contributed by atoms with Crippen molar-refractivity contribution < 1.29 is 7.13 Å². The molecule has 0 aliphatic carbocycles. The number of terminal acetylenes is 1. The summed E-state index contributed by atoms with van der Waals surface area (Å²) in [6.45, 7) is 5.79. The van der Waals surface area contributed by atoms with Crippen LogP contribution in [0.5, 0.6) is 0 Å². The van der Waals surface area contributed by atoms with E-state index in [2.05, 4.69) is 87.4 Å². The van der Waals surface area contributed by atoms with E-state index in [1.165, 1.54) is 0 Å². The third-order valence-electron chi connectivity index (χ3n) is 2.38. The van der Waals surface area contributed by atoms with Crippen LogP contribution in [-0.4, -0.2) is 4.99 Å². The zero-order chi connectivity index (χ0) is 21.6. The van der Waals surface area contributed by atoms with Gasteiger partial charge in [-0.05, 0) is 78.6 Å². The Morgan fingerprint density at radius 2 is 1.57 bits per heavy atom. The van der Waals surface area contributed by atoms with E-state index in [1.54, 1.807) is 19.1 Å². The summed E-state index contributed by atoms with van der Waals surface area (Å²) >= 11 is 8.94. The lowest BCUT2D eigenvalue weighted by Gasteiger charge is -2.10. The summed E-state index contributed by atoms with van der Waals surface area (Å²) in [5, 5.41) is 11.7. The van der Waals surface area contributed by atoms with Gasteiger partial charge in [0, 0.05) is 18.7 Å². The van der Waals surface area contributed by atoms with E-state index in [0.717, 1.165) is 10.7 Å². The highest BCUT2D eigenvalue weighted by Crippen LogP contribution is 2.10. The van der Waals surface area contributed by atoms with Gasteiger partial charge in [0.15, 0.2) is 0 Å². The number of benzene rings is 1. The number of nitrogens with zero attached hydrogens (tertiary/aromatic N) is 2. The van der Waals surface area contributed by atoms with Crippen LogP contribution in [0.3, 0.4) is 0 Å². The number of thiocarbonyl (C=S) groups is 1. The Kier molecular flexibility index (Phi) is 18.5. The van der Waals surface area contributed by atoms with E-state index in [9.17, 15) is 0 Å². The van der Waals surface area contributed by atoms with Crippen LogP contribution in [-0.2, 0) is 12.4 Å². The molecule has 0 aromatic heterocycles. The fraction of sp³-hybridized carbons (Fsp3) is 0.182. The minimum atomic E-state index is 0. The van der Waals surface area contributed by atoms with E-state index in [-0.39, 0.29) is 7.13 Å². The minimum Gasteiger partial charge on any atom is -0.350 e.